The first-order valence-electron chi connectivity index (χ1n) is 15.1. The molecule has 1 nitrogen and oxygen atoms in total. The Labute approximate surface area is 257 Å². The van der Waals surface area contributed by atoms with Gasteiger partial charge in [-0.1, -0.05) is 97.1 Å². The monoisotopic (exact) mass is 575 g/mol. The van der Waals surface area contributed by atoms with E-state index in [0.29, 0.717) is 0 Å². The molecule has 44 heavy (non-hydrogen) atoms. The summed E-state index contributed by atoms with van der Waals surface area (Å²) in [7, 11) is 0. The maximum Gasteiger partial charge on any atom is 0.0547 e. The summed E-state index contributed by atoms with van der Waals surface area (Å²) in [5.74, 6) is 0. The van der Waals surface area contributed by atoms with Gasteiger partial charge in [-0.2, -0.15) is 0 Å². The van der Waals surface area contributed by atoms with Gasteiger partial charge in [0.1, 0.15) is 0 Å². The standard InChI is InChI=1S/C42H25NS/c1-3-11-26(12-4-1)27-19-20-39-36(21-27)37-22-32-29-15-7-8-16-30(29)33-23-38-31-17-9-10-18-41(31)44-42(38)25-35(33)34(32)24-40(37)43(39)28-13-5-2-6-14-28/h1-25H. The second-order valence-corrected chi connectivity index (χ2v) is 12.8. The van der Waals surface area contributed by atoms with Gasteiger partial charge in [0.25, 0.3) is 0 Å². The predicted octanol–water partition coefficient (Wildman–Crippen LogP) is 12.3. The Bertz CT molecular complexity index is 2750. The largest absolute Gasteiger partial charge is 0.309 e. The Morgan fingerprint density at radius 3 is 1.68 bits per heavy atom. The molecule has 0 aliphatic heterocycles. The summed E-state index contributed by atoms with van der Waals surface area (Å²) >= 11 is 1.89. The zero-order valence-electron chi connectivity index (χ0n) is 23.8. The van der Waals surface area contributed by atoms with Gasteiger partial charge >= 0.3 is 0 Å². The summed E-state index contributed by atoms with van der Waals surface area (Å²) < 4.78 is 5.12. The molecule has 0 fully saturated rings. The molecule has 8 aromatic carbocycles. The van der Waals surface area contributed by atoms with E-state index in [-0.39, 0.29) is 0 Å². The lowest BCUT2D eigenvalue weighted by molar-refractivity contribution is 1.18. The Morgan fingerprint density at radius 1 is 0.318 bits per heavy atom. The van der Waals surface area contributed by atoms with Crippen LogP contribution >= 0.6 is 11.3 Å². The molecule has 0 spiro atoms. The second kappa shape index (κ2) is 9.03. The van der Waals surface area contributed by atoms with Crippen LogP contribution in [-0.2, 0) is 0 Å². The highest BCUT2D eigenvalue weighted by molar-refractivity contribution is 7.25. The van der Waals surface area contributed by atoms with Crippen molar-refractivity contribution in [2.45, 2.75) is 0 Å². The molecule has 0 unspecified atom stereocenters. The van der Waals surface area contributed by atoms with Crippen LogP contribution in [0.4, 0.5) is 0 Å². The fraction of sp³-hybridized carbons (Fsp3) is 0. The molecule has 2 heteroatoms. The molecule has 0 N–H and O–H groups in total. The zero-order chi connectivity index (χ0) is 28.8. The third-order valence-corrected chi connectivity index (χ3v) is 10.5. The smallest absolute Gasteiger partial charge is 0.0547 e. The number of hydrogen-bond acceptors (Lipinski definition) is 1. The molecule has 0 amide bonds. The molecule has 0 radical (unpaired) electrons. The lowest BCUT2D eigenvalue weighted by atomic mass is 9.92. The summed E-state index contributed by atoms with van der Waals surface area (Å²) in [4.78, 5) is 0. The van der Waals surface area contributed by atoms with E-state index in [0.717, 1.165) is 0 Å². The lowest BCUT2D eigenvalue weighted by Crippen LogP contribution is -1.93. The van der Waals surface area contributed by atoms with Crippen LogP contribution in [0, 0.1) is 0 Å². The van der Waals surface area contributed by atoms with Crippen LogP contribution in [0.3, 0.4) is 0 Å². The van der Waals surface area contributed by atoms with Gasteiger partial charge in [-0.05, 0) is 98.0 Å². The van der Waals surface area contributed by atoms with Gasteiger partial charge in [0.15, 0.2) is 0 Å². The lowest BCUT2D eigenvalue weighted by Gasteiger charge is -2.13. The van der Waals surface area contributed by atoms with Gasteiger partial charge in [-0.25, -0.2) is 0 Å². The van der Waals surface area contributed by atoms with Crippen molar-refractivity contribution in [2.75, 3.05) is 0 Å². The minimum Gasteiger partial charge on any atom is -0.309 e. The van der Waals surface area contributed by atoms with Gasteiger partial charge in [0, 0.05) is 36.6 Å². The maximum absolute atomic E-state index is 2.46. The van der Waals surface area contributed by atoms with E-state index in [2.05, 4.69) is 156 Å². The topological polar surface area (TPSA) is 4.93 Å². The first-order valence-corrected chi connectivity index (χ1v) is 15.9. The predicted molar refractivity (Wildman–Crippen MR) is 192 cm³/mol. The molecule has 0 aliphatic carbocycles. The van der Waals surface area contributed by atoms with Crippen molar-refractivity contribution in [2.24, 2.45) is 0 Å². The number of para-hydroxylation sites is 1. The molecule has 0 aliphatic rings. The van der Waals surface area contributed by atoms with Crippen LogP contribution in [0.1, 0.15) is 0 Å². The highest BCUT2D eigenvalue weighted by Gasteiger charge is 2.18. The van der Waals surface area contributed by atoms with E-state index < -0.39 is 0 Å². The maximum atomic E-state index is 2.46. The fourth-order valence-corrected chi connectivity index (χ4v) is 8.47. The van der Waals surface area contributed by atoms with Crippen molar-refractivity contribution in [1.29, 1.82) is 0 Å². The van der Waals surface area contributed by atoms with E-state index in [1.807, 2.05) is 11.3 Å². The van der Waals surface area contributed by atoms with Gasteiger partial charge in [0.2, 0.25) is 0 Å². The van der Waals surface area contributed by atoms with Gasteiger partial charge in [-0.15, -0.1) is 11.3 Å². The number of rotatable bonds is 2. The highest BCUT2D eigenvalue weighted by Crippen LogP contribution is 2.44. The summed E-state index contributed by atoms with van der Waals surface area (Å²) in [5, 5.41) is 13.1. The molecule has 2 heterocycles. The number of hydrogen-bond donors (Lipinski definition) is 0. The molecule has 0 bridgehead atoms. The van der Waals surface area contributed by atoms with Crippen molar-refractivity contribution in [3.63, 3.8) is 0 Å². The third-order valence-electron chi connectivity index (χ3n) is 9.34. The second-order valence-electron chi connectivity index (χ2n) is 11.7. The van der Waals surface area contributed by atoms with E-state index >= 15 is 0 Å². The Kier molecular flexibility index (Phi) is 4.94. The summed E-state index contributed by atoms with van der Waals surface area (Å²) in [5.41, 5.74) is 6.11. The number of fused-ring (bicyclic) bond motifs is 12. The molecule has 10 rings (SSSR count). The van der Waals surface area contributed by atoms with Crippen LogP contribution in [0.25, 0.3) is 91.1 Å². The average molecular weight is 576 g/mol. The Balaban J connectivity index is 1.40. The summed E-state index contributed by atoms with van der Waals surface area (Å²) in [6.07, 6.45) is 0. The number of thiophene rings is 1. The van der Waals surface area contributed by atoms with Crippen molar-refractivity contribution >= 4 is 85.6 Å². The number of benzene rings is 8. The van der Waals surface area contributed by atoms with E-state index in [4.69, 9.17) is 0 Å². The molecule has 2 aromatic heterocycles. The molecule has 0 atom stereocenters. The van der Waals surface area contributed by atoms with Crippen molar-refractivity contribution in [1.82, 2.24) is 4.57 Å². The number of aromatic nitrogens is 1. The van der Waals surface area contributed by atoms with E-state index in [9.17, 15) is 0 Å². The molecular weight excluding hydrogens is 551 g/mol. The third kappa shape index (κ3) is 3.35. The minimum absolute atomic E-state index is 1.18. The molecule has 0 saturated carbocycles. The molecule has 0 saturated heterocycles. The van der Waals surface area contributed by atoms with Gasteiger partial charge in [-0.3, -0.25) is 0 Å². The summed E-state index contributed by atoms with van der Waals surface area (Å²) in [6, 6.07) is 56.0. The van der Waals surface area contributed by atoms with Crippen LogP contribution in [0.2, 0.25) is 0 Å². The van der Waals surface area contributed by atoms with Crippen molar-refractivity contribution in [3.8, 4) is 16.8 Å². The van der Waals surface area contributed by atoms with Crippen LogP contribution in [0.15, 0.2) is 152 Å². The minimum atomic E-state index is 1.18. The normalized spacial score (nSPS) is 12.1. The van der Waals surface area contributed by atoms with Crippen molar-refractivity contribution < 1.29 is 0 Å². The van der Waals surface area contributed by atoms with Crippen LogP contribution in [0.5, 0.6) is 0 Å². The SMILES string of the molecule is c1ccc(-c2ccc3c(c2)c2cc4c5ccccc5c5cc6c(cc5c4cc2n3-c2ccccc2)sc2ccccc26)cc1. The summed E-state index contributed by atoms with van der Waals surface area (Å²) in [6.45, 7) is 0. The van der Waals surface area contributed by atoms with E-state index in [1.54, 1.807) is 0 Å². The van der Waals surface area contributed by atoms with Crippen molar-refractivity contribution in [3.05, 3.63) is 152 Å². The van der Waals surface area contributed by atoms with Crippen LogP contribution < -0.4 is 0 Å². The Morgan fingerprint density at radius 2 is 0.909 bits per heavy atom. The van der Waals surface area contributed by atoms with Gasteiger partial charge < -0.3 is 4.57 Å². The highest BCUT2D eigenvalue weighted by atomic mass is 32.1. The molecule has 204 valence electrons. The van der Waals surface area contributed by atoms with Crippen LogP contribution in [-0.4, -0.2) is 4.57 Å². The van der Waals surface area contributed by atoms with Gasteiger partial charge in [0.05, 0.1) is 11.0 Å². The van der Waals surface area contributed by atoms with E-state index in [1.165, 1.54) is 91.1 Å². The molecule has 10 aromatic rings. The average Bonchev–Trinajstić information content (AvgIpc) is 3.62. The zero-order valence-corrected chi connectivity index (χ0v) is 24.6. The quantitative estimate of drug-likeness (QED) is 0.181. The first kappa shape index (κ1) is 24.0. The number of nitrogens with zero attached hydrogens (tertiary/aromatic N) is 1. The Hall–Kier alpha value is -5.44. The fourth-order valence-electron chi connectivity index (χ4n) is 7.35. The first-order chi connectivity index (χ1) is 21.8. The molecular formula is C42H25NS.